The summed E-state index contributed by atoms with van der Waals surface area (Å²) in [4.78, 5) is 6.93. The summed E-state index contributed by atoms with van der Waals surface area (Å²) in [6, 6.07) is 5.64. The summed E-state index contributed by atoms with van der Waals surface area (Å²) in [6.07, 6.45) is 0. The summed E-state index contributed by atoms with van der Waals surface area (Å²) in [5.41, 5.74) is 6.81. The van der Waals surface area contributed by atoms with Gasteiger partial charge in [0.2, 0.25) is 0 Å². The van der Waals surface area contributed by atoms with Crippen molar-refractivity contribution >= 4 is 11.6 Å². The SMILES string of the molecule is CCOc1ccc(OCC)c(NC(N)=NCC(C)(C)N2CCOCC2)c1. The zero-order chi connectivity index (χ0) is 19.0. The van der Waals surface area contributed by atoms with Crippen LogP contribution in [-0.2, 0) is 4.74 Å². The fourth-order valence-electron chi connectivity index (χ4n) is 2.87. The van der Waals surface area contributed by atoms with Gasteiger partial charge in [0.15, 0.2) is 5.96 Å². The zero-order valence-electron chi connectivity index (χ0n) is 16.4. The number of benzene rings is 1. The number of hydrogen-bond donors (Lipinski definition) is 2. The molecule has 1 aliphatic heterocycles. The van der Waals surface area contributed by atoms with Gasteiger partial charge in [0.05, 0.1) is 38.7 Å². The second kappa shape index (κ2) is 9.64. The van der Waals surface area contributed by atoms with Crippen LogP contribution in [0.3, 0.4) is 0 Å². The van der Waals surface area contributed by atoms with Gasteiger partial charge in [-0.25, -0.2) is 0 Å². The third-order valence-corrected chi connectivity index (χ3v) is 4.33. The van der Waals surface area contributed by atoms with Gasteiger partial charge in [-0.05, 0) is 39.8 Å². The fourth-order valence-corrected chi connectivity index (χ4v) is 2.87. The molecule has 1 heterocycles. The number of anilines is 1. The Labute approximate surface area is 156 Å². The normalized spacial score (nSPS) is 16.4. The Morgan fingerprint density at radius 2 is 1.92 bits per heavy atom. The van der Waals surface area contributed by atoms with Gasteiger partial charge in [0.25, 0.3) is 0 Å². The van der Waals surface area contributed by atoms with Crippen molar-refractivity contribution in [3.8, 4) is 11.5 Å². The zero-order valence-corrected chi connectivity index (χ0v) is 16.4. The Morgan fingerprint density at radius 3 is 2.58 bits per heavy atom. The van der Waals surface area contributed by atoms with Gasteiger partial charge in [-0.15, -0.1) is 0 Å². The maximum Gasteiger partial charge on any atom is 0.193 e. The molecule has 0 radical (unpaired) electrons. The number of hydrogen-bond acceptors (Lipinski definition) is 5. The molecule has 146 valence electrons. The first-order valence-corrected chi connectivity index (χ1v) is 9.25. The molecule has 0 spiro atoms. The van der Waals surface area contributed by atoms with E-state index < -0.39 is 0 Å². The lowest BCUT2D eigenvalue weighted by Gasteiger charge is -2.39. The van der Waals surface area contributed by atoms with E-state index in [4.69, 9.17) is 19.9 Å². The minimum atomic E-state index is -0.0774. The van der Waals surface area contributed by atoms with Crippen LogP contribution in [0.25, 0.3) is 0 Å². The number of ether oxygens (including phenoxy) is 3. The van der Waals surface area contributed by atoms with Gasteiger partial charge in [-0.2, -0.15) is 0 Å². The molecule has 1 saturated heterocycles. The average Bonchev–Trinajstić information content (AvgIpc) is 2.63. The van der Waals surface area contributed by atoms with Gasteiger partial charge in [0.1, 0.15) is 11.5 Å². The molecule has 0 unspecified atom stereocenters. The van der Waals surface area contributed by atoms with Crippen molar-refractivity contribution in [2.45, 2.75) is 33.2 Å². The second-order valence-electron chi connectivity index (χ2n) is 6.76. The number of aliphatic imine (C=N–C) groups is 1. The standard InChI is InChI=1S/C19H32N4O3/c1-5-25-15-7-8-17(26-6-2)16(13-15)22-18(20)21-14-19(3,4)23-9-11-24-12-10-23/h7-8,13H,5-6,9-12,14H2,1-4H3,(H3,20,21,22). The van der Waals surface area contributed by atoms with Gasteiger partial charge in [0, 0.05) is 24.7 Å². The van der Waals surface area contributed by atoms with Crippen molar-refractivity contribution in [1.29, 1.82) is 0 Å². The van der Waals surface area contributed by atoms with Crippen LogP contribution in [0, 0.1) is 0 Å². The van der Waals surface area contributed by atoms with E-state index in [0.29, 0.717) is 25.7 Å². The van der Waals surface area contributed by atoms with Gasteiger partial charge in [-0.1, -0.05) is 0 Å². The Kier molecular flexibility index (Phi) is 7.53. The number of nitrogens with two attached hydrogens (primary N) is 1. The molecule has 7 nitrogen and oxygen atoms in total. The molecule has 0 atom stereocenters. The largest absolute Gasteiger partial charge is 0.494 e. The molecule has 0 bridgehead atoms. The molecular formula is C19H32N4O3. The number of rotatable bonds is 8. The van der Waals surface area contributed by atoms with E-state index in [1.165, 1.54) is 0 Å². The number of morpholine rings is 1. The molecule has 0 aromatic heterocycles. The number of guanidine groups is 1. The van der Waals surface area contributed by atoms with E-state index in [9.17, 15) is 0 Å². The first-order valence-electron chi connectivity index (χ1n) is 9.25. The molecule has 26 heavy (non-hydrogen) atoms. The summed E-state index contributed by atoms with van der Waals surface area (Å²) in [6.45, 7) is 13.4. The van der Waals surface area contributed by atoms with Crippen molar-refractivity contribution in [3.05, 3.63) is 18.2 Å². The van der Waals surface area contributed by atoms with Crippen LogP contribution in [0.1, 0.15) is 27.7 Å². The average molecular weight is 364 g/mol. The maximum atomic E-state index is 6.13. The predicted octanol–water partition coefficient (Wildman–Crippen LogP) is 2.32. The molecule has 1 aliphatic rings. The summed E-state index contributed by atoms with van der Waals surface area (Å²) < 4.78 is 16.6. The summed E-state index contributed by atoms with van der Waals surface area (Å²) in [5, 5.41) is 3.15. The molecular weight excluding hydrogens is 332 g/mol. The van der Waals surface area contributed by atoms with E-state index in [-0.39, 0.29) is 5.54 Å². The molecule has 1 aromatic rings. The first-order chi connectivity index (χ1) is 12.5. The number of nitrogens with one attached hydrogen (secondary N) is 1. The highest BCUT2D eigenvalue weighted by Crippen LogP contribution is 2.29. The van der Waals surface area contributed by atoms with E-state index in [2.05, 4.69) is 29.1 Å². The Morgan fingerprint density at radius 1 is 1.23 bits per heavy atom. The van der Waals surface area contributed by atoms with Gasteiger partial charge < -0.3 is 25.3 Å². The van der Waals surface area contributed by atoms with Crippen molar-refractivity contribution in [2.24, 2.45) is 10.7 Å². The molecule has 1 aromatic carbocycles. The topological polar surface area (TPSA) is 81.3 Å². The Balaban J connectivity index is 2.05. The van der Waals surface area contributed by atoms with Crippen LogP contribution in [0.5, 0.6) is 11.5 Å². The Bertz CT molecular complexity index is 598. The van der Waals surface area contributed by atoms with E-state index in [1.54, 1.807) is 0 Å². The third kappa shape index (κ3) is 5.78. The minimum Gasteiger partial charge on any atom is -0.494 e. The van der Waals surface area contributed by atoms with Crippen LogP contribution in [0.15, 0.2) is 23.2 Å². The quantitative estimate of drug-likeness (QED) is 0.544. The van der Waals surface area contributed by atoms with Gasteiger partial charge >= 0.3 is 0 Å². The maximum absolute atomic E-state index is 6.13. The van der Waals surface area contributed by atoms with E-state index in [1.807, 2.05) is 32.0 Å². The van der Waals surface area contributed by atoms with E-state index in [0.717, 1.165) is 43.5 Å². The second-order valence-corrected chi connectivity index (χ2v) is 6.76. The molecule has 1 fully saturated rings. The highest BCUT2D eigenvalue weighted by atomic mass is 16.5. The summed E-state index contributed by atoms with van der Waals surface area (Å²) >= 11 is 0. The lowest BCUT2D eigenvalue weighted by atomic mass is 10.0. The number of nitrogens with zero attached hydrogens (tertiary/aromatic N) is 2. The lowest BCUT2D eigenvalue weighted by Crippen LogP contribution is -2.51. The highest BCUT2D eigenvalue weighted by molar-refractivity contribution is 5.94. The summed E-state index contributed by atoms with van der Waals surface area (Å²) in [5.74, 6) is 1.85. The minimum absolute atomic E-state index is 0.0774. The first kappa shape index (κ1) is 20.3. The summed E-state index contributed by atoms with van der Waals surface area (Å²) in [7, 11) is 0. The van der Waals surface area contributed by atoms with Crippen molar-refractivity contribution in [2.75, 3.05) is 51.4 Å². The molecule has 7 heteroatoms. The van der Waals surface area contributed by atoms with Crippen LogP contribution in [0.4, 0.5) is 5.69 Å². The predicted molar refractivity (Wildman–Crippen MR) is 105 cm³/mol. The molecule has 3 N–H and O–H groups in total. The highest BCUT2D eigenvalue weighted by Gasteiger charge is 2.28. The monoisotopic (exact) mass is 364 g/mol. The molecule has 0 aliphatic carbocycles. The van der Waals surface area contributed by atoms with Crippen LogP contribution in [-0.4, -0.2) is 62.5 Å². The van der Waals surface area contributed by atoms with Crippen molar-refractivity contribution in [3.63, 3.8) is 0 Å². The molecule has 0 amide bonds. The van der Waals surface area contributed by atoms with Crippen molar-refractivity contribution in [1.82, 2.24) is 4.90 Å². The van der Waals surface area contributed by atoms with E-state index >= 15 is 0 Å². The lowest BCUT2D eigenvalue weighted by molar-refractivity contribution is -0.00680. The van der Waals surface area contributed by atoms with Crippen LogP contribution >= 0.6 is 0 Å². The van der Waals surface area contributed by atoms with Crippen molar-refractivity contribution < 1.29 is 14.2 Å². The molecule has 0 saturated carbocycles. The van der Waals surface area contributed by atoms with Crippen LogP contribution in [0.2, 0.25) is 0 Å². The smallest absolute Gasteiger partial charge is 0.193 e. The Hall–Kier alpha value is -1.99. The fraction of sp³-hybridized carbons (Fsp3) is 0.632. The third-order valence-electron chi connectivity index (χ3n) is 4.33. The molecule has 2 rings (SSSR count). The van der Waals surface area contributed by atoms with Crippen LogP contribution < -0.4 is 20.5 Å². The van der Waals surface area contributed by atoms with Gasteiger partial charge in [-0.3, -0.25) is 9.89 Å².